The molecule has 0 radical (unpaired) electrons. The molecule has 0 aliphatic carbocycles. The Kier molecular flexibility index (Phi) is 8.79. The fourth-order valence-electron chi connectivity index (χ4n) is 1.95. The van der Waals surface area contributed by atoms with Crippen molar-refractivity contribution in [3.8, 4) is 0 Å². The van der Waals surface area contributed by atoms with E-state index in [-0.39, 0.29) is 18.8 Å². The third-order valence-corrected chi connectivity index (χ3v) is 4.46. The van der Waals surface area contributed by atoms with Gasteiger partial charge in [0, 0.05) is 0 Å². The lowest BCUT2D eigenvalue weighted by Gasteiger charge is -2.13. The summed E-state index contributed by atoms with van der Waals surface area (Å²) < 4.78 is 19.6. The molecule has 0 bridgehead atoms. The van der Waals surface area contributed by atoms with Crippen molar-refractivity contribution in [1.82, 2.24) is 0 Å². The van der Waals surface area contributed by atoms with Crippen LogP contribution < -0.4 is 4.89 Å². The molecule has 0 aromatic heterocycles. The molecule has 126 valence electrons. The maximum atomic E-state index is 11.8. The van der Waals surface area contributed by atoms with E-state index in [2.05, 4.69) is 18.6 Å². The van der Waals surface area contributed by atoms with Crippen molar-refractivity contribution in [3.63, 3.8) is 0 Å². The predicted molar refractivity (Wildman–Crippen MR) is 83.3 cm³/mol. The highest BCUT2D eigenvalue weighted by molar-refractivity contribution is 7.33. The third-order valence-electron chi connectivity index (χ3n) is 3.56. The first-order valence-corrected chi connectivity index (χ1v) is 8.90. The van der Waals surface area contributed by atoms with E-state index >= 15 is 0 Å². The molecule has 6 nitrogen and oxygen atoms in total. The molecule has 1 rings (SSSR count). The molecule has 0 aromatic rings. The van der Waals surface area contributed by atoms with Gasteiger partial charge in [-0.1, -0.05) is 43.6 Å². The number of rotatable bonds is 9. The lowest BCUT2D eigenvalue weighted by atomic mass is 10.1. The van der Waals surface area contributed by atoms with E-state index in [1.807, 2.05) is 19.1 Å². The van der Waals surface area contributed by atoms with Crippen LogP contribution in [-0.2, 0) is 18.8 Å². The lowest BCUT2D eigenvalue weighted by molar-refractivity contribution is -0.178. The topological polar surface area (TPSA) is 80.2 Å². The van der Waals surface area contributed by atoms with Gasteiger partial charge in [0.2, 0.25) is 0 Å². The number of carbonyl (C=O) groups excluding carboxylic acids is 1. The van der Waals surface area contributed by atoms with Gasteiger partial charge in [0.1, 0.15) is 12.7 Å². The maximum Gasteiger partial charge on any atom is 0.342 e. The van der Waals surface area contributed by atoms with Gasteiger partial charge in [-0.25, -0.2) is 4.79 Å². The van der Waals surface area contributed by atoms with E-state index in [9.17, 15) is 9.69 Å². The molecule has 0 fully saturated rings. The van der Waals surface area contributed by atoms with Crippen molar-refractivity contribution in [2.24, 2.45) is 10.7 Å². The molecule has 0 saturated heterocycles. The molecule has 0 spiro atoms. The first-order valence-electron chi connectivity index (χ1n) is 7.77. The van der Waals surface area contributed by atoms with Crippen LogP contribution in [0.25, 0.3) is 0 Å². The number of ether oxygens (including phenoxy) is 2. The summed E-state index contributed by atoms with van der Waals surface area (Å²) in [5, 5.41) is 0. The van der Waals surface area contributed by atoms with Gasteiger partial charge in [0.15, 0.2) is 6.04 Å². The third kappa shape index (κ3) is 6.97. The first kappa shape index (κ1) is 19.2. The van der Waals surface area contributed by atoms with Crippen molar-refractivity contribution in [3.05, 3.63) is 12.2 Å². The molecule has 1 heterocycles. The average Bonchev–Trinajstić information content (AvgIpc) is 2.91. The van der Waals surface area contributed by atoms with Gasteiger partial charge in [-0.05, 0) is 19.8 Å². The average molecular weight is 331 g/mol. The zero-order valence-electron chi connectivity index (χ0n) is 13.7. The largest absolute Gasteiger partial charge is 0.584 e. The molecular formula is C15H26NO5P. The fourth-order valence-corrected chi connectivity index (χ4v) is 2.66. The Morgan fingerprint density at radius 1 is 1.41 bits per heavy atom. The van der Waals surface area contributed by atoms with Crippen LogP contribution in [0.15, 0.2) is 16.9 Å². The minimum atomic E-state index is -2.26. The van der Waals surface area contributed by atoms with E-state index in [0.29, 0.717) is 12.5 Å². The summed E-state index contributed by atoms with van der Waals surface area (Å²) in [6.07, 6.45) is 5.53. The van der Waals surface area contributed by atoms with Crippen LogP contribution in [0, 0.1) is 5.92 Å². The highest BCUT2D eigenvalue weighted by atomic mass is 31.1. The van der Waals surface area contributed by atoms with Crippen LogP contribution in [0.3, 0.4) is 0 Å². The van der Waals surface area contributed by atoms with Crippen LogP contribution in [0.1, 0.15) is 40.5 Å². The zero-order valence-corrected chi connectivity index (χ0v) is 14.6. The maximum absolute atomic E-state index is 11.8. The van der Waals surface area contributed by atoms with Crippen molar-refractivity contribution in [2.45, 2.75) is 58.8 Å². The van der Waals surface area contributed by atoms with Gasteiger partial charge in [-0.15, -0.1) is 0 Å². The van der Waals surface area contributed by atoms with Gasteiger partial charge < -0.3 is 14.4 Å². The monoisotopic (exact) mass is 331 g/mol. The molecule has 0 N–H and O–H groups in total. The van der Waals surface area contributed by atoms with E-state index in [1.54, 1.807) is 6.92 Å². The number of hydrogen-bond acceptors (Lipinski definition) is 6. The minimum Gasteiger partial charge on any atom is -0.584 e. The Morgan fingerprint density at radius 3 is 2.64 bits per heavy atom. The van der Waals surface area contributed by atoms with E-state index in [1.165, 1.54) is 0 Å². The van der Waals surface area contributed by atoms with E-state index in [0.717, 1.165) is 12.8 Å². The van der Waals surface area contributed by atoms with Crippen LogP contribution in [-0.4, -0.2) is 37.4 Å². The zero-order chi connectivity index (χ0) is 16.5. The summed E-state index contributed by atoms with van der Waals surface area (Å²) in [6, 6.07) is -0.795. The minimum absolute atomic E-state index is 0.0439. The summed E-state index contributed by atoms with van der Waals surface area (Å²) in [5.74, 6) is -0.112. The molecule has 2 unspecified atom stereocenters. The van der Waals surface area contributed by atoms with Crippen molar-refractivity contribution >= 4 is 14.1 Å². The van der Waals surface area contributed by atoms with Gasteiger partial charge in [0.05, 0.1) is 12.7 Å². The quantitative estimate of drug-likeness (QED) is 0.368. The Hall–Kier alpha value is -0.810. The first-order chi connectivity index (χ1) is 10.5. The molecule has 0 aromatic carbocycles. The summed E-state index contributed by atoms with van der Waals surface area (Å²) in [5.41, 5.74) is 0. The normalized spacial score (nSPS) is 23.1. The molecule has 1 aliphatic heterocycles. The summed E-state index contributed by atoms with van der Waals surface area (Å²) >= 11 is 0. The van der Waals surface area contributed by atoms with Crippen molar-refractivity contribution in [1.29, 1.82) is 0 Å². The molecular weight excluding hydrogens is 305 g/mol. The fraction of sp³-hybridized carbons (Fsp3) is 0.800. The highest BCUT2D eigenvalue weighted by Crippen LogP contribution is 2.21. The Balaban J connectivity index is 2.32. The van der Waals surface area contributed by atoms with E-state index < -0.39 is 20.2 Å². The number of hydrogen-bond donors (Lipinski definition) is 0. The SMILES string of the molecule is CCC(CC)COC(=O)[C@H](C)N=[P+]([O-])OC[C@@H]1C=CC(C)O1. The van der Waals surface area contributed by atoms with Crippen LogP contribution in [0.2, 0.25) is 0 Å². The number of nitrogens with zero attached hydrogens (tertiary/aromatic N) is 1. The van der Waals surface area contributed by atoms with Gasteiger partial charge in [0.25, 0.3) is 0 Å². The summed E-state index contributed by atoms with van der Waals surface area (Å²) in [4.78, 5) is 23.5. The molecule has 7 heteroatoms. The van der Waals surface area contributed by atoms with Crippen LogP contribution in [0.4, 0.5) is 0 Å². The number of esters is 1. The Bertz CT molecular complexity index is 409. The predicted octanol–water partition coefficient (Wildman–Crippen LogP) is 2.57. The molecule has 0 saturated carbocycles. The molecule has 0 amide bonds. The second-order valence-electron chi connectivity index (χ2n) is 5.40. The molecule has 4 atom stereocenters. The van der Waals surface area contributed by atoms with Crippen LogP contribution >= 0.6 is 8.17 Å². The van der Waals surface area contributed by atoms with Crippen molar-refractivity contribution < 1.29 is 23.7 Å². The van der Waals surface area contributed by atoms with Gasteiger partial charge in [-0.3, -0.25) is 0 Å². The van der Waals surface area contributed by atoms with Gasteiger partial charge >= 0.3 is 14.1 Å². The van der Waals surface area contributed by atoms with Crippen LogP contribution in [0.5, 0.6) is 0 Å². The number of carbonyl (C=O) groups is 1. The van der Waals surface area contributed by atoms with E-state index in [4.69, 9.17) is 14.0 Å². The highest BCUT2D eigenvalue weighted by Gasteiger charge is 2.21. The summed E-state index contributed by atoms with van der Waals surface area (Å²) in [7, 11) is -2.26. The summed E-state index contributed by atoms with van der Waals surface area (Å²) in [6.45, 7) is 8.12. The standard InChI is InChI=1S/C15H26NO5P/c1-5-13(6-2)9-19-15(17)12(4)16-22(18)20-10-14-8-7-11(3)21-14/h7-8,11-14H,5-6,9-10H2,1-4H3/t11?,12-,14-/m0/s1. The van der Waals surface area contributed by atoms with Gasteiger partial charge in [-0.2, -0.15) is 4.52 Å². The smallest absolute Gasteiger partial charge is 0.342 e. The second kappa shape index (κ2) is 10.1. The Morgan fingerprint density at radius 2 is 2.09 bits per heavy atom. The second-order valence-corrected chi connectivity index (χ2v) is 6.37. The lowest BCUT2D eigenvalue weighted by Crippen LogP contribution is -2.22. The van der Waals surface area contributed by atoms with Crippen molar-refractivity contribution in [2.75, 3.05) is 13.2 Å². The Labute approximate surface area is 133 Å². The molecule has 1 aliphatic rings. The molecule has 22 heavy (non-hydrogen) atoms.